The number of hydrogen-bond donors (Lipinski definition) is 0. The van der Waals surface area contributed by atoms with Crippen molar-refractivity contribution in [1.82, 2.24) is 0 Å². The zero-order chi connectivity index (χ0) is 40.4. The molecule has 292 valence electrons. The molecule has 0 aliphatic heterocycles. The largest absolute Gasteiger partial charge is 0.145 e. The Labute approximate surface area is 355 Å². The number of hydrogen-bond acceptors (Lipinski definition) is 0. The summed E-state index contributed by atoms with van der Waals surface area (Å²) in [5, 5.41) is 5.35. The molecule has 0 spiro atoms. The van der Waals surface area contributed by atoms with Gasteiger partial charge < -0.3 is 0 Å². The van der Waals surface area contributed by atoms with E-state index in [4.69, 9.17) is 0 Å². The molecule has 0 nitrogen and oxygen atoms in total. The van der Waals surface area contributed by atoms with Crippen molar-refractivity contribution in [2.45, 2.75) is 157 Å². The van der Waals surface area contributed by atoms with Crippen molar-refractivity contribution in [2.24, 2.45) is 0 Å². The molecule has 0 heterocycles. The smallest absolute Gasteiger partial charge is 0 e. The maximum atomic E-state index is 2.39. The second kappa shape index (κ2) is 15.4. The Morgan fingerprint density at radius 3 is 0.782 bits per heavy atom. The molecule has 0 saturated carbocycles. The van der Waals surface area contributed by atoms with Crippen LogP contribution >= 0.6 is 0 Å². The molecule has 0 aromatic heterocycles. The van der Waals surface area contributed by atoms with Crippen LogP contribution in [0.2, 0.25) is 0 Å². The fourth-order valence-corrected chi connectivity index (χ4v) is 7.00. The van der Waals surface area contributed by atoms with Crippen LogP contribution in [0.25, 0.3) is 43.8 Å². The fourth-order valence-electron chi connectivity index (χ4n) is 7.00. The molecule has 6 aromatic rings. The topological polar surface area (TPSA) is 0 Å². The van der Waals surface area contributed by atoms with Crippen molar-refractivity contribution in [1.29, 1.82) is 0 Å². The minimum absolute atomic E-state index is 0. The molecule has 0 amide bonds. The van der Waals surface area contributed by atoms with E-state index in [1.54, 1.807) is 0 Å². The van der Waals surface area contributed by atoms with Gasteiger partial charge in [-0.25, -0.2) is 0 Å². The summed E-state index contributed by atoms with van der Waals surface area (Å²) in [5.41, 5.74) is 14.7. The van der Waals surface area contributed by atoms with Gasteiger partial charge in [0.1, 0.15) is 0 Å². The van der Waals surface area contributed by atoms with Crippen LogP contribution in [0.3, 0.4) is 0 Å². The van der Waals surface area contributed by atoms with Gasteiger partial charge in [0.15, 0.2) is 0 Å². The molecule has 0 atom stereocenters. The first-order chi connectivity index (χ1) is 24.5. The van der Waals surface area contributed by atoms with Gasteiger partial charge in [-0.05, 0) is 54.7 Å². The molecule has 0 bridgehead atoms. The molecule has 0 fully saturated rings. The van der Waals surface area contributed by atoms with Crippen LogP contribution in [-0.2, 0) is 58.3 Å². The molecule has 0 N–H and O–H groups in total. The minimum Gasteiger partial charge on any atom is -0.145 e. The second-order valence-corrected chi connectivity index (χ2v) is 22.3. The normalized spacial score (nSPS) is 13.1. The summed E-state index contributed by atoms with van der Waals surface area (Å²) in [6.45, 7) is 41.3. The van der Waals surface area contributed by atoms with Gasteiger partial charge in [-0.3, -0.25) is 0 Å². The van der Waals surface area contributed by atoms with Crippen molar-refractivity contribution in [3.8, 4) is 22.3 Å². The van der Waals surface area contributed by atoms with E-state index < -0.39 is 0 Å². The zero-order valence-corrected chi connectivity index (χ0v) is 41.3. The number of fused-ring (bicyclic) bond motifs is 2. The van der Waals surface area contributed by atoms with Crippen molar-refractivity contribution >= 4 is 21.5 Å². The average molecular weight is 898 g/mol. The molecule has 0 aliphatic rings. The van der Waals surface area contributed by atoms with Crippen LogP contribution in [0.1, 0.15) is 158 Å². The molecule has 6 rings (SSSR count). The summed E-state index contributed by atoms with van der Waals surface area (Å²) in [5.74, 6) is 0. The summed E-state index contributed by atoms with van der Waals surface area (Å²) in [4.78, 5) is 0. The van der Waals surface area contributed by atoms with Gasteiger partial charge in [0, 0.05) is 25.8 Å². The monoisotopic (exact) mass is 898 g/mol. The first kappa shape index (κ1) is 44.7. The van der Waals surface area contributed by atoms with E-state index in [9.17, 15) is 0 Å². The molecule has 0 aliphatic carbocycles. The summed E-state index contributed by atoms with van der Waals surface area (Å²) in [6.07, 6.45) is 0. The molecular formula is C54H70Hf-2. The predicted molar refractivity (Wildman–Crippen MR) is 242 cm³/mol. The maximum absolute atomic E-state index is 2.39. The molecule has 0 saturated heterocycles. The third-order valence-corrected chi connectivity index (χ3v) is 11.1. The van der Waals surface area contributed by atoms with E-state index in [0.717, 1.165) is 0 Å². The molecule has 6 aromatic carbocycles. The van der Waals surface area contributed by atoms with Gasteiger partial charge in [0.05, 0.1) is 0 Å². The Kier molecular flexibility index (Phi) is 12.5. The summed E-state index contributed by atoms with van der Waals surface area (Å²) < 4.78 is 0. The Morgan fingerprint density at radius 2 is 0.545 bits per heavy atom. The van der Waals surface area contributed by atoms with E-state index in [1.807, 2.05) is 0 Å². The second-order valence-electron chi connectivity index (χ2n) is 22.3. The van der Waals surface area contributed by atoms with Crippen molar-refractivity contribution in [2.75, 3.05) is 0 Å². The summed E-state index contributed by atoms with van der Waals surface area (Å²) >= 11 is 0. The Morgan fingerprint density at radius 1 is 0.291 bits per heavy atom. The van der Waals surface area contributed by atoms with Gasteiger partial charge in [-0.15, -0.1) is 69.1 Å². The number of benzene rings is 4. The molecule has 1 heteroatoms. The van der Waals surface area contributed by atoms with Gasteiger partial charge in [-0.2, -0.15) is 0 Å². The van der Waals surface area contributed by atoms with E-state index in [1.165, 1.54) is 77.2 Å². The van der Waals surface area contributed by atoms with Crippen molar-refractivity contribution < 1.29 is 25.8 Å². The number of rotatable bonds is 2. The SMILES string of the molecule is CC(C)(C)c1cc(-c2cc3cc(C(C)(C)C)ccc3[cH-]2)cc(C(C)(C)C)c1.CC(C)(C)c1cc(-c2cc3cc(C(C)(C)C)ccc3[cH-]2)cc(C(C)(C)C)c1.[Hf]. The zero-order valence-electron chi connectivity index (χ0n) is 37.7. The third-order valence-electron chi connectivity index (χ3n) is 11.1. The third kappa shape index (κ3) is 10.7. The van der Waals surface area contributed by atoms with E-state index in [2.05, 4.69) is 222 Å². The molecule has 0 radical (unpaired) electrons. The van der Waals surface area contributed by atoms with Gasteiger partial charge >= 0.3 is 0 Å². The van der Waals surface area contributed by atoms with E-state index in [0.29, 0.717) is 0 Å². The van der Waals surface area contributed by atoms with Crippen LogP contribution in [0.5, 0.6) is 0 Å². The van der Waals surface area contributed by atoms with Gasteiger partial charge in [0.25, 0.3) is 0 Å². The van der Waals surface area contributed by atoms with E-state index >= 15 is 0 Å². The Hall–Kier alpha value is -3.03. The first-order valence-electron chi connectivity index (χ1n) is 20.2. The van der Waals surface area contributed by atoms with E-state index in [-0.39, 0.29) is 58.3 Å². The van der Waals surface area contributed by atoms with Crippen LogP contribution in [0, 0.1) is 0 Å². The first-order valence-corrected chi connectivity index (χ1v) is 20.2. The fraction of sp³-hybridized carbons (Fsp3) is 0.444. The average Bonchev–Trinajstić information content (AvgIpc) is 3.66. The quantitative estimate of drug-likeness (QED) is 0.120. The van der Waals surface area contributed by atoms with Crippen molar-refractivity contribution in [3.05, 3.63) is 130 Å². The van der Waals surface area contributed by atoms with Crippen LogP contribution in [-0.4, -0.2) is 0 Å². The Bertz CT molecular complexity index is 2030. The Balaban J connectivity index is 0.000000240. The summed E-state index contributed by atoms with van der Waals surface area (Å²) in [7, 11) is 0. The van der Waals surface area contributed by atoms with Gasteiger partial charge in [0.2, 0.25) is 0 Å². The van der Waals surface area contributed by atoms with Crippen LogP contribution in [0.4, 0.5) is 0 Å². The molecule has 55 heavy (non-hydrogen) atoms. The summed E-state index contributed by atoms with van der Waals surface area (Å²) in [6, 6.07) is 37.5. The predicted octanol–water partition coefficient (Wildman–Crippen LogP) is 16.2. The maximum Gasteiger partial charge on any atom is 0 e. The standard InChI is InChI=1S/2C27H35.Hf/c2*1-25(2,3)22-11-10-18-12-19(13-20(18)14-22)21-15-23(26(4,5)6)17-24(16-21)27(7,8)9;/h2*10-17H,1-9H3;/q2*-1;. The van der Waals surface area contributed by atoms with Crippen LogP contribution < -0.4 is 0 Å². The van der Waals surface area contributed by atoms with Gasteiger partial charge in [-0.1, -0.05) is 208 Å². The molecular weight excluding hydrogens is 827 g/mol. The molecule has 0 unspecified atom stereocenters. The van der Waals surface area contributed by atoms with Crippen molar-refractivity contribution in [3.63, 3.8) is 0 Å². The minimum atomic E-state index is 0. The van der Waals surface area contributed by atoms with Crippen LogP contribution in [0.15, 0.2) is 97.1 Å².